The summed E-state index contributed by atoms with van der Waals surface area (Å²) in [7, 11) is 1.79. The van der Waals surface area contributed by atoms with Crippen molar-refractivity contribution in [3.05, 3.63) is 63.7 Å². The molecule has 0 aromatic heterocycles. The number of nitrogens with one attached hydrogen (secondary N) is 1. The van der Waals surface area contributed by atoms with E-state index in [0.717, 1.165) is 28.9 Å². The summed E-state index contributed by atoms with van der Waals surface area (Å²) in [4.78, 5) is 24.0. The minimum Gasteiger partial charge on any atom is -0.379 e. The van der Waals surface area contributed by atoms with Crippen molar-refractivity contribution in [1.29, 1.82) is 0 Å². The lowest BCUT2D eigenvalue weighted by atomic mass is 10.0. The highest BCUT2D eigenvalue weighted by atomic mass is 16.6. The number of benzene rings is 2. The molecule has 1 heterocycles. The van der Waals surface area contributed by atoms with Crippen molar-refractivity contribution in [2.24, 2.45) is 0 Å². The van der Waals surface area contributed by atoms with Crippen LogP contribution in [0.4, 0.5) is 17.1 Å². The van der Waals surface area contributed by atoms with Crippen LogP contribution in [-0.4, -0.2) is 17.9 Å². The van der Waals surface area contributed by atoms with Crippen LogP contribution < -0.4 is 10.2 Å². The summed E-state index contributed by atoms with van der Waals surface area (Å²) in [5.41, 5.74) is 3.96. The van der Waals surface area contributed by atoms with Gasteiger partial charge >= 0.3 is 0 Å². The molecule has 0 spiro atoms. The summed E-state index contributed by atoms with van der Waals surface area (Å²) in [6.07, 6.45) is 1.26. The predicted octanol–water partition coefficient (Wildman–Crippen LogP) is 3.68. The number of rotatable bonds is 4. The van der Waals surface area contributed by atoms with Crippen molar-refractivity contribution in [3.63, 3.8) is 0 Å². The SMILES string of the molecule is C[C@H](Nc1ccc2c(c1)CCC(=O)N2C)c1cccc([N+](=O)[O-])c1. The predicted molar refractivity (Wildman–Crippen MR) is 93.3 cm³/mol. The van der Waals surface area contributed by atoms with Crippen LogP contribution in [0.5, 0.6) is 0 Å². The van der Waals surface area contributed by atoms with Gasteiger partial charge in [-0.15, -0.1) is 0 Å². The number of fused-ring (bicyclic) bond motifs is 1. The third-order valence-electron chi connectivity index (χ3n) is 4.39. The molecule has 6 nitrogen and oxygen atoms in total. The average Bonchev–Trinajstić information content (AvgIpc) is 2.58. The van der Waals surface area contributed by atoms with E-state index < -0.39 is 0 Å². The number of amides is 1. The Morgan fingerprint density at radius 3 is 2.75 bits per heavy atom. The fourth-order valence-electron chi connectivity index (χ4n) is 2.99. The Labute approximate surface area is 140 Å². The first-order valence-corrected chi connectivity index (χ1v) is 7.86. The van der Waals surface area contributed by atoms with Crippen molar-refractivity contribution in [2.45, 2.75) is 25.8 Å². The number of nitro groups is 1. The number of hydrogen-bond donors (Lipinski definition) is 1. The molecule has 2 aromatic rings. The van der Waals surface area contributed by atoms with Crippen molar-refractivity contribution in [1.82, 2.24) is 0 Å². The van der Waals surface area contributed by atoms with Crippen LogP contribution in [0.1, 0.15) is 30.5 Å². The molecular weight excluding hydrogens is 306 g/mol. The van der Waals surface area contributed by atoms with Crippen LogP contribution >= 0.6 is 0 Å². The van der Waals surface area contributed by atoms with Gasteiger partial charge in [-0.2, -0.15) is 0 Å². The maximum absolute atomic E-state index is 11.7. The summed E-state index contributed by atoms with van der Waals surface area (Å²) in [6.45, 7) is 1.97. The van der Waals surface area contributed by atoms with E-state index in [1.807, 2.05) is 31.2 Å². The molecule has 124 valence electrons. The number of aryl methyl sites for hydroxylation is 1. The van der Waals surface area contributed by atoms with Crippen LogP contribution in [0.15, 0.2) is 42.5 Å². The zero-order valence-corrected chi connectivity index (χ0v) is 13.7. The van der Waals surface area contributed by atoms with Gasteiger partial charge in [-0.25, -0.2) is 0 Å². The molecule has 2 aromatic carbocycles. The highest BCUT2D eigenvalue weighted by Crippen LogP contribution is 2.31. The van der Waals surface area contributed by atoms with Gasteiger partial charge in [0.05, 0.1) is 4.92 Å². The molecule has 6 heteroatoms. The zero-order valence-electron chi connectivity index (χ0n) is 13.7. The molecule has 0 aliphatic carbocycles. The number of anilines is 2. The lowest BCUT2D eigenvalue weighted by Crippen LogP contribution is -2.31. The van der Waals surface area contributed by atoms with Crippen molar-refractivity contribution < 1.29 is 9.72 Å². The maximum Gasteiger partial charge on any atom is 0.269 e. The van der Waals surface area contributed by atoms with E-state index in [2.05, 4.69) is 5.32 Å². The highest BCUT2D eigenvalue weighted by molar-refractivity contribution is 5.96. The Morgan fingerprint density at radius 2 is 2.00 bits per heavy atom. The molecule has 1 N–H and O–H groups in total. The Kier molecular flexibility index (Phi) is 4.20. The fraction of sp³-hybridized carbons (Fsp3) is 0.278. The topological polar surface area (TPSA) is 75.5 Å². The zero-order chi connectivity index (χ0) is 17.3. The van der Waals surface area contributed by atoms with Gasteiger partial charge < -0.3 is 10.2 Å². The van der Waals surface area contributed by atoms with E-state index in [1.54, 1.807) is 24.1 Å². The van der Waals surface area contributed by atoms with Gasteiger partial charge in [0.25, 0.3) is 5.69 Å². The van der Waals surface area contributed by atoms with Crippen LogP contribution in [0.2, 0.25) is 0 Å². The molecule has 1 atom stereocenters. The summed E-state index contributed by atoms with van der Waals surface area (Å²) in [6, 6.07) is 12.5. The normalized spacial score (nSPS) is 14.9. The summed E-state index contributed by atoms with van der Waals surface area (Å²) in [5.74, 6) is 0.133. The minimum atomic E-state index is -0.387. The third kappa shape index (κ3) is 3.08. The molecule has 1 aliphatic heterocycles. The Hall–Kier alpha value is -2.89. The summed E-state index contributed by atoms with van der Waals surface area (Å²) in [5, 5.41) is 14.3. The standard InChI is InChI=1S/C18H19N3O3/c1-12(13-4-3-5-16(11-13)21(23)24)19-15-7-8-17-14(10-15)6-9-18(22)20(17)2/h3-5,7-8,10-12,19H,6,9H2,1-2H3/t12-/m0/s1. The number of carbonyl (C=O) groups excluding carboxylic acids is 1. The molecular formula is C18H19N3O3. The van der Waals surface area contributed by atoms with E-state index in [9.17, 15) is 14.9 Å². The molecule has 24 heavy (non-hydrogen) atoms. The van der Waals surface area contributed by atoms with Crippen molar-refractivity contribution >= 4 is 23.0 Å². The first kappa shape index (κ1) is 16.0. The molecule has 0 fully saturated rings. The molecule has 0 bridgehead atoms. The van der Waals surface area contributed by atoms with E-state index in [4.69, 9.17) is 0 Å². The van der Waals surface area contributed by atoms with Gasteiger partial charge in [-0.1, -0.05) is 12.1 Å². The van der Waals surface area contributed by atoms with Crippen LogP contribution in [0, 0.1) is 10.1 Å². The highest BCUT2D eigenvalue weighted by Gasteiger charge is 2.21. The molecule has 1 aliphatic rings. The van der Waals surface area contributed by atoms with E-state index in [1.165, 1.54) is 6.07 Å². The van der Waals surface area contributed by atoms with Crippen LogP contribution in [0.3, 0.4) is 0 Å². The number of hydrogen-bond acceptors (Lipinski definition) is 4. The van der Waals surface area contributed by atoms with E-state index >= 15 is 0 Å². The number of nitro benzene ring substituents is 1. The lowest BCUT2D eigenvalue weighted by Gasteiger charge is -2.26. The third-order valence-corrected chi connectivity index (χ3v) is 4.39. The van der Waals surface area contributed by atoms with Crippen molar-refractivity contribution in [3.8, 4) is 0 Å². The van der Waals surface area contributed by atoms with Gasteiger partial charge in [0, 0.05) is 43.0 Å². The lowest BCUT2D eigenvalue weighted by molar-refractivity contribution is -0.384. The second kappa shape index (κ2) is 6.31. The Morgan fingerprint density at radius 1 is 1.21 bits per heavy atom. The number of nitrogens with zero attached hydrogens (tertiary/aromatic N) is 2. The fourth-order valence-corrected chi connectivity index (χ4v) is 2.99. The second-order valence-electron chi connectivity index (χ2n) is 6.01. The smallest absolute Gasteiger partial charge is 0.269 e. The van der Waals surface area contributed by atoms with Crippen LogP contribution in [-0.2, 0) is 11.2 Å². The van der Waals surface area contributed by atoms with Gasteiger partial charge in [0.2, 0.25) is 5.91 Å². The van der Waals surface area contributed by atoms with E-state index in [0.29, 0.717) is 6.42 Å². The van der Waals surface area contributed by atoms with Crippen LogP contribution in [0.25, 0.3) is 0 Å². The molecule has 1 amide bonds. The molecule has 0 saturated heterocycles. The quantitative estimate of drug-likeness (QED) is 0.687. The molecule has 0 unspecified atom stereocenters. The Balaban J connectivity index is 1.80. The van der Waals surface area contributed by atoms with Crippen molar-refractivity contribution in [2.75, 3.05) is 17.3 Å². The average molecular weight is 325 g/mol. The summed E-state index contributed by atoms with van der Waals surface area (Å²) >= 11 is 0. The van der Waals surface area contributed by atoms with Gasteiger partial charge in [-0.05, 0) is 42.7 Å². The Bertz CT molecular complexity index is 804. The van der Waals surface area contributed by atoms with Gasteiger partial charge in [-0.3, -0.25) is 14.9 Å². The largest absolute Gasteiger partial charge is 0.379 e. The van der Waals surface area contributed by atoms with E-state index in [-0.39, 0.29) is 22.6 Å². The second-order valence-corrected chi connectivity index (χ2v) is 6.01. The number of carbonyl (C=O) groups is 1. The minimum absolute atomic E-state index is 0.0640. The maximum atomic E-state index is 11.7. The molecule has 0 radical (unpaired) electrons. The van der Waals surface area contributed by atoms with Gasteiger partial charge in [0.15, 0.2) is 0 Å². The first-order valence-electron chi connectivity index (χ1n) is 7.86. The molecule has 0 saturated carbocycles. The number of non-ortho nitro benzene ring substituents is 1. The molecule has 3 rings (SSSR count). The van der Waals surface area contributed by atoms with Gasteiger partial charge in [0.1, 0.15) is 0 Å². The summed E-state index contributed by atoms with van der Waals surface area (Å²) < 4.78 is 0. The monoisotopic (exact) mass is 325 g/mol. The first-order chi connectivity index (χ1) is 11.5.